The van der Waals surface area contributed by atoms with Crippen LogP contribution in [0.3, 0.4) is 0 Å². The van der Waals surface area contributed by atoms with Gasteiger partial charge in [-0.1, -0.05) is 48.0 Å². The predicted molar refractivity (Wildman–Crippen MR) is 97.7 cm³/mol. The van der Waals surface area contributed by atoms with Crippen molar-refractivity contribution in [2.75, 3.05) is 26.0 Å². The third kappa shape index (κ3) is 4.98. The minimum atomic E-state index is 0.334. The van der Waals surface area contributed by atoms with E-state index in [1.807, 2.05) is 30.3 Å². The topological polar surface area (TPSA) is 28.5 Å². The minimum Gasteiger partial charge on any atom is -0.356 e. The highest BCUT2D eigenvalue weighted by molar-refractivity contribution is 7.80. The summed E-state index contributed by atoms with van der Waals surface area (Å²) >= 11 is 11.3. The van der Waals surface area contributed by atoms with Crippen molar-refractivity contribution in [1.82, 2.24) is 5.32 Å². The summed E-state index contributed by atoms with van der Waals surface area (Å²) < 4.78 is 0. The third-order valence-electron chi connectivity index (χ3n) is 3.45. The number of benzene rings is 2. The van der Waals surface area contributed by atoms with E-state index in [1.54, 1.807) is 0 Å². The predicted octanol–water partition coefficient (Wildman–Crippen LogP) is 2.51. The van der Waals surface area contributed by atoms with Crippen LogP contribution >= 0.6 is 23.8 Å². The number of rotatable bonds is 5. The second kappa shape index (κ2) is 8.13. The van der Waals surface area contributed by atoms with Crippen molar-refractivity contribution in [2.24, 2.45) is 0 Å². The number of thiocarbonyl (C=S) groups is 1. The average molecular weight is 335 g/mol. The summed E-state index contributed by atoms with van der Waals surface area (Å²) in [5.41, 5.74) is 2.18. The fourth-order valence-electron chi connectivity index (χ4n) is 2.28. The molecule has 2 aromatic carbocycles. The molecule has 0 aromatic heterocycles. The number of likely N-dealkylation sites (N-methyl/N-ethyl adjacent to an activating group) is 1. The summed E-state index contributed by atoms with van der Waals surface area (Å²) in [5.74, 6) is 0. The van der Waals surface area contributed by atoms with E-state index in [0.717, 1.165) is 12.2 Å². The molecule has 3 nitrogen and oxygen atoms in total. The molecule has 2 aromatic rings. The van der Waals surface area contributed by atoms with Crippen LogP contribution in [0, 0.1) is 0 Å². The lowest BCUT2D eigenvalue weighted by Crippen LogP contribution is -3.07. The Labute approximate surface area is 142 Å². The van der Waals surface area contributed by atoms with Gasteiger partial charge in [0, 0.05) is 16.3 Å². The number of anilines is 1. The van der Waals surface area contributed by atoms with Crippen molar-refractivity contribution in [3.05, 3.63) is 65.2 Å². The first-order chi connectivity index (χ1) is 10.6. The smallest absolute Gasteiger partial charge is 0.171 e. The van der Waals surface area contributed by atoms with E-state index in [1.165, 1.54) is 10.5 Å². The summed E-state index contributed by atoms with van der Waals surface area (Å²) in [6.45, 7) is 0.763. The molecule has 1 atom stereocenters. The maximum Gasteiger partial charge on any atom is 0.171 e. The molecular formula is C17H21ClN3S+. The second-order valence-corrected chi connectivity index (χ2v) is 6.23. The molecule has 0 fully saturated rings. The lowest BCUT2D eigenvalue weighted by molar-refractivity contribution is -0.890. The maximum absolute atomic E-state index is 5.97. The van der Waals surface area contributed by atoms with Crippen LogP contribution < -0.4 is 15.5 Å². The second-order valence-electron chi connectivity index (χ2n) is 5.39. The number of hydrogen-bond acceptors (Lipinski definition) is 1. The first-order valence-corrected chi connectivity index (χ1v) is 8.00. The zero-order valence-corrected chi connectivity index (χ0v) is 14.3. The van der Waals surface area contributed by atoms with Gasteiger partial charge in [0.2, 0.25) is 0 Å². The summed E-state index contributed by atoms with van der Waals surface area (Å²) in [4.78, 5) is 1.35. The van der Waals surface area contributed by atoms with Crippen LogP contribution in [-0.2, 0) is 0 Å². The van der Waals surface area contributed by atoms with E-state index < -0.39 is 0 Å². The molecule has 0 aliphatic carbocycles. The highest BCUT2D eigenvalue weighted by atomic mass is 35.5. The molecule has 0 amide bonds. The Kier molecular flexibility index (Phi) is 6.19. The van der Waals surface area contributed by atoms with Crippen LogP contribution in [0.25, 0.3) is 0 Å². The van der Waals surface area contributed by atoms with Crippen molar-refractivity contribution >= 4 is 34.6 Å². The lowest BCUT2D eigenvalue weighted by Gasteiger charge is -2.23. The van der Waals surface area contributed by atoms with Crippen molar-refractivity contribution in [2.45, 2.75) is 6.04 Å². The molecule has 0 saturated carbocycles. The normalized spacial score (nSPS) is 12.0. The van der Waals surface area contributed by atoms with Gasteiger partial charge in [0.05, 0.1) is 20.6 Å². The Hall–Kier alpha value is -1.62. The number of hydrogen-bond donors (Lipinski definition) is 3. The molecule has 116 valence electrons. The van der Waals surface area contributed by atoms with Crippen molar-refractivity contribution in [1.29, 1.82) is 0 Å². The summed E-state index contributed by atoms with van der Waals surface area (Å²) in [6, 6.07) is 18.3. The molecule has 3 N–H and O–H groups in total. The van der Waals surface area contributed by atoms with Crippen LogP contribution in [0.5, 0.6) is 0 Å². The molecule has 0 aliphatic heterocycles. The molecule has 22 heavy (non-hydrogen) atoms. The quantitative estimate of drug-likeness (QED) is 0.734. The molecule has 5 heteroatoms. The largest absolute Gasteiger partial charge is 0.356 e. The zero-order chi connectivity index (χ0) is 15.9. The van der Waals surface area contributed by atoms with Crippen molar-refractivity contribution in [3.63, 3.8) is 0 Å². The van der Waals surface area contributed by atoms with Crippen LogP contribution in [0.1, 0.15) is 11.6 Å². The SMILES string of the molecule is C[NH+](C)[C@H](CNC(=S)Nc1cccc(Cl)c1)c1ccccc1. The van der Waals surface area contributed by atoms with Gasteiger partial charge in [-0.25, -0.2) is 0 Å². The lowest BCUT2D eigenvalue weighted by atomic mass is 10.1. The van der Waals surface area contributed by atoms with Gasteiger partial charge in [0.15, 0.2) is 5.11 Å². The van der Waals surface area contributed by atoms with Gasteiger partial charge in [-0.3, -0.25) is 0 Å². The summed E-state index contributed by atoms with van der Waals surface area (Å²) in [6.07, 6.45) is 0. The maximum atomic E-state index is 5.97. The van der Waals surface area contributed by atoms with E-state index in [0.29, 0.717) is 16.2 Å². The van der Waals surface area contributed by atoms with Gasteiger partial charge in [0.1, 0.15) is 6.04 Å². The molecule has 0 saturated heterocycles. The number of halogens is 1. The Balaban J connectivity index is 1.94. The standard InChI is InChI=1S/C17H20ClN3S/c1-21(2)16(13-7-4-3-5-8-13)12-19-17(22)20-15-10-6-9-14(18)11-15/h3-11,16H,12H2,1-2H3,(H2,19,20,22)/p+1/t16-/m1/s1. The molecule has 2 rings (SSSR count). The molecular weight excluding hydrogens is 314 g/mol. The average Bonchev–Trinajstić information content (AvgIpc) is 2.48. The zero-order valence-electron chi connectivity index (χ0n) is 12.8. The highest BCUT2D eigenvalue weighted by Gasteiger charge is 2.17. The van der Waals surface area contributed by atoms with Gasteiger partial charge in [-0.15, -0.1) is 0 Å². The Bertz CT molecular complexity index is 616. The van der Waals surface area contributed by atoms with Crippen molar-refractivity contribution in [3.8, 4) is 0 Å². The van der Waals surface area contributed by atoms with Crippen LogP contribution in [0.4, 0.5) is 5.69 Å². The van der Waals surface area contributed by atoms with Crippen molar-refractivity contribution < 1.29 is 4.90 Å². The number of nitrogens with one attached hydrogen (secondary N) is 3. The van der Waals surface area contributed by atoms with E-state index in [2.05, 4.69) is 49.0 Å². The van der Waals surface area contributed by atoms with Gasteiger partial charge >= 0.3 is 0 Å². The molecule has 0 spiro atoms. The van der Waals surface area contributed by atoms with Gasteiger partial charge in [-0.05, 0) is 30.4 Å². The Morgan fingerprint density at radius 1 is 1.14 bits per heavy atom. The fourth-order valence-corrected chi connectivity index (χ4v) is 2.67. The first-order valence-electron chi connectivity index (χ1n) is 7.21. The molecule has 0 bridgehead atoms. The summed E-state index contributed by atoms with van der Waals surface area (Å²) in [7, 11) is 4.29. The highest BCUT2D eigenvalue weighted by Crippen LogP contribution is 2.14. The Morgan fingerprint density at radius 2 is 1.86 bits per heavy atom. The monoisotopic (exact) mass is 334 g/mol. The van der Waals surface area contributed by atoms with Crippen LogP contribution in [0.2, 0.25) is 5.02 Å². The molecule has 0 heterocycles. The fraction of sp³-hybridized carbons (Fsp3) is 0.235. The third-order valence-corrected chi connectivity index (χ3v) is 3.93. The van der Waals surface area contributed by atoms with Gasteiger partial charge in [0.25, 0.3) is 0 Å². The minimum absolute atomic E-state index is 0.334. The molecule has 0 radical (unpaired) electrons. The van der Waals surface area contributed by atoms with E-state index in [4.69, 9.17) is 23.8 Å². The van der Waals surface area contributed by atoms with Crippen LogP contribution in [0.15, 0.2) is 54.6 Å². The summed E-state index contributed by atoms with van der Waals surface area (Å²) in [5, 5.41) is 7.73. The Morgan fingerprint density at radius 3 is 2.50 bits per heavy atom. The molecule has 0 unspecified atom stereocenters. The van der Waals surface area contributed by atoms with E-state index >= 15 is 0 Å². The van der Waals surface area contributed by atoms with E-state index in [-0.39, 0.29) is 0 Å². The first kappa shape index (κ1) is 16.7. The van der Waals surface area contributed by atoms with Gasteiger partial charge < -0.3 is 15.5 Å². The number of quaternary nitrogens is 1. The molecule has 0 aliphatic rings. The van der Waals surface area contributed by atoms with Gasteiger partial charge in [-0.2, -0.15) is 0 Å². The van der Waals surface area contributed by atoms with Crippen LogP contribution in [-0.4, -0.2) is 25.8 Å². The van der Waals surface area contributed by atoms with E-state index in [9.17, 15) is 0 Å².